The van der Waals surface area contributed by atoms with Crippen molar-refractivity contribution in [3.05, 3.63) is 59.2 Å². The molecular formula is C21H24N2O4. The number of carbonyl (C=O) groups excluding carboxylic acids is 2. The molecule has 0 saturated heterocycles. The normalized spacial score (nSPS) is 15.4. The van der Waals surface area contributed by atoms with E-state index < -0.39 is 0 Å². The topological polar surface area (TPSA) is 76.7 Å². The summed E-state index contributed by atoms with van der Waals surface area (Å²) in [6.07, 6.45) is 0.572. The van der Waals surface area contributed by atoms with Gasteiger partial charge in [0.1, 0.15) is 12.4 Å². The fourth-order valence-electron chi connectivity index (χ4n) is 3.09. The van der Waals surface area contributed by atoms with Crippen molar-refractivity contribution in [2.75, 3.05) is 32.2 Å². The van der Waals surface area contributed by atoms with Gasteiger partial charge >= 0.3 is 0 Å². The van der Waals surface area contributed by atoms with Crippen molar-refractivity contribution in [1.29, 1.82) is 0 Å². The molecule has 0 radical (unpaired) electrons. The Morgan fingerprint density at radius 3 is 2.81 bits per heavy atom. The Morgan fingerprint density at radius 1 is 1.22 bits per heavy atom. The first-order valence-electron chi connectivity index (χ1n) is 8.98. The molecule has 0 saturated carbocycles. The minimum absolute atomic E-state index is 0.0490. The molecule has 6 nitrogen and oxygen atoms in total. The van der Waals surface area contributed by atoms with Crippen LogP contribution >= 0.6 is 0 Å². The third-order valence-corrected chi connectivity index (χ3v) is 4.59. The van der Waals surface area contributed by atoms with E-state index in [0.29, 0.717) is 37.4 Å². The molecule has 0 bridgehead atoms. The van der Waals surface area contributed by atoms with Crippen LogP contribution in [0.4, 0.5) is 5.69 Å². The lowest BCUT2D eigenvalue weighted by Gasteiger charge is -2.25. The third kappa shape index (κ3) is 4.65. The number of hydrogen-bond donors (Lipinski definition) is 2. The monoisotopic (exact) mass is 368 g/mol. The summed E-state index contributed by atoms with van der Waals surface area (Å²) >= 11 is 0. The van der Waals surface area contributed by atoms with Crippen LogP contribution in [-0.2, 0) is 16.0 Å². The summed E-state index contributed by atoms with van der Waals surface area (Å²) in [6, 6.07) is 13.0. The molecule has 2 N–H and O–H groups in total. The van der Waals surface area contributed by atoms with E-state index in [9.17, 15) is 9.59 Å². The number of hydrogen-bond acceptors (Lipinski definition) is 4. The van der Waals surface area contributed by atoms with Gasteiger partial charge in [0.2, 0.25) is 5.91 Å². The molecule has 0 aliphatic carbocycles. The van der Waals surface area contributed by atoms with Crippen LogP contribution < -0.4 is 15.4 Å². The Bertz CT molecular complexity index is 835. The van der Waals surface area contributed by atoms with Gasteiger partial charge in [-0.3, -0.25) is 9.59 Å². The minimum atomic E-state index is -0.253. The Hall–Kier alpha value is -2.86. The molecule has 2 aromatic rings. The van der Waals surface area contributed by atoms with E-state index >= 15 is 0 Å². The predicted octanol–water partition coefficient (Wildman–Crippen LogP) is 2.56. The number of aryl methyl sites for hydroxylation is 1. The molecule has 0 fully saturated rings. The van der Waals surface area contributed by atoms with Gasteiger partial charge in [-0.2, -0.15) is 0 Å². The second kappa shape index (κ2) is 8.68. The summed E-state index contributed by atoms with van der Waals surface area (Å²) < 4.78 is 10.7. The van der Waals surface area contributed by atoms with E-state index in [-0.39, 0.29) is 17.7 Å². The molecule has 1 atom stereocenters. The largest absolute Gasteiger partial charge is 0.492 e. The van der Waals surface area contributed by atoms with Crippen LogP contribution in [0.5, 0.6) is 5.75 Å². The van der Waals surface area contributed by atoms with Crippen molar-refractivity contribution in [2.24, 2.45) is 5.92 Å². The number of nitrogens with one attached hydrogen (secondary N) is 2. The number of fused-ring (bicyclic) bond motifs is 1. The minimum Gasteiger partial charge on any atom is -0.492 e. The van der Waals surface area contributed by atoms with E-state index in [4.69, 9.17) is 9.47 Å². The molecule has 0 aromatic heterocycles. The highest BCUT2D eigenvalue weighted by molar-refractivity contribution is 6.05. The highest BCUT2D eigenvalue weighted by atomic mass is 16.5. The number of benzene rings is 2. The summed E-state index contributed by atoms with van der Waals surface area (Å²) in [7, 11) is 1.60. The molecular weight excluding hydrogens is 344 g/mol. The molecule has 1 heterocycles. The van der Waals surface area contributed by atoms with Gasteiger partial charge in [0, 0.05) is 24.9 Å². The van der Waals surface area contributed by atoms with E-state index in [1.165, 1.54) is 0 Å². The first-order valence-corrected chi connectivity index (χ1v) is 8.98. The fraction of sp³-hybridized carbons (Fsp3) is 0.333. The zero-order valence-electron chi connectivity index (χ0n) is 15.6. The van der Waals surface area contributed by atoms with E-state index in [2.05, 4.69) is 10.6 Å². The van der Waals surface area contributed by atoms with Gasteiger partial charge in [-0.25, -0.2) is 0 Å². The van der Waals surface area contributed by atoms with Crippen molar-refractivity contribution < 1.29 is 19.1 Å². The maximum atomic E-state index is 12.5. The van der Waals surface area contributed by atoms with Crippen LogP contribution in [0.3, 0.4) is 0 Å². The summed E-state index contributed by atoms with van der Waals surface area (Å²) in [4.78, 5) is 24.8. The predicted molar refractivity (Wildman–Crippen MR) is 103 cm³/mol. The molecule has 1 unspecified atom stereocenters. The van der Waals surface area contributed by atoms with Crippen molar-refractivity contribution in [3.8, 4) is 5.75 Å². The zero-order valence-corrected chi connectivity index (χ0v) is 15.6. The number of amides is 2. The second-order valence-electron chi connectivity index (χ2n) is 6.59. The number of anilines is 1. The molecule has 3 rings (SSSR count). The second-order valence-corrected chi connectivity index (χ2v) is 6.59. The molecule has 1 aliphatic rings. The van der Waals surface area contributed by atoms with E-state index in [0.717, 1.165) is 16.9 Å². The van der Waals surface area contributed by atoms with Gasteiger partial charge in [-0.15, -0.1) is 0 Å². The van der Waals surface area contributed by atoms with Crippen LogP contribution in [0.2, 0.25) is 0 Å². The first-order chi connectivity index (χ1) is 13.1. The lowest BCUT2D eigenvalue weighted by Crippen LogP contribution is -2.38. The van der Waals surface area contributed by atoms with Gasteiger partial charge in [0.25, 0.3) is 5.91 Å². The van der Waals surface area contributed by atoms with Crippen molar-refractivity contribution >= 4 is 17.5 Å². The number of ether oxygens (including phenoxy) is 2. The van der Waals surface area contributed by atoms with Crippen LogP contribution in [-0.4, -0.2) is 38.7 Å². The Kier molecular flexibility index (Phi) is 6.08. The summed E-state index contributed by atoms with van der Waals surface area (Å²) in [6.45, 7) is 3.21. The maximum Gasteiger partial charge on any atom is 0.255 e. The Balaban J connectivity index is 1.68. The van der Waals surface area contributed by atoms with Gasteiger partial charge in [0.15, 0.2) is 0 Å². The smallest absolute Gasteiger partial charge is 0.255 e. The highest BCUT2D eigenvalue weighted by Crippen LogP contribution is 2.30. The van der Waals surface area contributed by atoms with Gasteiger partial charge in [-0.05, 0) is 48.7 Å². The van der Waals surface area contributed by atoms with Gasteiger partial charge < -0.3 is 20.1 Å². The summed E-state index contributed by atoms with van der Waals surface area (Å²) in [5.41, 5.74) is 3.16. The SMILES string of the molecule is COCCNC(=O)C1COc2ccc(NC(=O)c3ccccc3C)cc2C1. The molecule has 6 heteroatoms. The Labute approximate surface area is 158 Å². The van der Waals surface area contributed by atoms with Gasteiger partial charge in [-0.1, -0.05) is 18.2 Å². The highest BCUT2D eigenvalue weighted by Gasteiger charge is 2.26. The van der Waals surface area contributed by atoms with Gasteiger partial charge in [0.05, 0.1) is 12.5 Å². The van der Waals surface area contributed by atoms with Crippen LogP contribution in [0.25, 0.3) is 0 Å². The molecule has 27 heavy (non-hydrogen) atoms. The lowest BCUT2D eigenvalue weighted by atomic mass is 9.95. The van der Waals surface area contributed by atoms with Crippen LogP contribution in [0.15, 0.2) is 42.5 Å². The quantitative estimate of drug-likeness (QED) is 0.769. The molecule has 142 valence electrons. The summed E-state index contributed by atoms with van der Waals surface area (Å²) in [5.74, 6) is 0.298. The Morgan fingerprint density at radius 2 is 2.04 bits per heavy atom. The van der Waals surface area contributed by atoms with E-state index in [1.54, 1.807) is 13.2 Å². The molecule has 2 amide bonds. The summed E-state index contributed by atoms with van der Waals surface area (Å²) in [5, 5.41) is 5.77. The van der Waals surface area contributed by atoms with Crippen LogP contribution in [0, 0.1) is 12.8 Å². The standard InChI is InChI=1S/C21H24N2O4/c1-14-5-3-4-6-18(14)21(25)23-17-7-8-19-15(12-17)11-16(13-27-19)20(24)22-9-10-26-2/h3-8,12,16H,9-11,13H2,1-2H3,(H,22,24)(H,23,25). The average molecular weight is 368 g/mol. The number of carbonyl (C=O) groups is 2. The van der Waals surface area contributed by atoms with Crippen molar-refractivity contribution in [2.45, 2.75) is 13.3 Å². The third-order valence-electron chi connectivity index (χ3n) is 4.59. The van der Waals surface area contributed by atoms with E-state index in [1.807, 2.05) is 43.3 Å². The molecule has 1 aliphatic heterocycles. The number of methoxy groups -OCH3 is 1. The fourth-order valence-corrected chi connectivity index (χ4v) is 3.09. The van der Waals surface area contributed by atoms with Crippen molar-refractivity contribution in [3.63, 3.8) is 0 Å². The first kappa shape index (κ1) is 18.9. The lowest BCUT2D eigenvalue weighted by molar-refractivity contribution is -0.126. The number of rotatable bonds is 6. The maximum absolute atomic E-state index is 12.5. The van der Waals surface area contributed by atoms with Crippen molar-refractivity contribution in [1.82, 2.24) is 5.32 Å². The molecule has 0 spiro atoms. The zero-order chi connectivity index (χ0) is 19.2. The van der Waals surface area contributed by atoms with Crippen LogP contribution in [0.1, 0.15) is 21.5 Å². The average Bonchev–Trinajstić information content (AvgIpc) is 2.67. The molecule has 2 aromatic carbocycles.